The fourth-order valence-electron chi connectivity index (χ4n) is 2.77. The van der Waals surface area contributed by atoms with Crippen LogP contribution in [-0.2, 0) is 0 Å². The Kier molecular flexibility index (Phi) is 4.70. The average molecular weight is 319 g/mol. The largest absolute Gasteiger partial charge is 0.363 e. The Morgan fingerprint density at radius 3 is 3.14 bits per heavy atom. The average Bonchev–Trinajstić information content (AvgIpc) is 3.13. The second-order valence-corrected chi connectivity index (χ2v) is 6.91. The Labute approximate surface area is 135 Å². The summed E-state index contributed by atoms with van der Waals surface area (Å²) < 4.78 is 1.27. The van der Waals surface area contributed by atoms with E-state index in [2.05, 4.69) is 41.4 Å². The molecular weight excluding hydrogens is 298 g/mol. The molecule has 0 spiro atoms. The molecule has 0 radical (unpaired) electrons. The Balaban J connectivity index is 1.75. The van der Waals surface area contributed by atoms with Gasteiger partial charge < -0.3 is 10.2 Å². The molecule has 0 saturated carbocycles. The minimum Gasteiger partial charge on any atom is -0.363 e. The molecule has 1 N–H and O–H groups in total. The first kappa shape index (κ1) is 14.7. The smallest absolute Gasteiger partial charge is 0.169 e. The number of thiocarbonyl (C=S) groups is 1. The van der Waals surface area contributed by atoms with Crippen LogP contribution in [0.4, 0.5) is 0 Å². The molecule has 2 aromatic rings. The molecule has 3 nitrogen and oxygen atoms in total. The highest BCUT2D eigenvalue weighted by molar-refractivity contribution is 7.80. The van der Waals surface area contributed by atoms with Crippen LogP contribution in [-0.4, -0.2) is 28.1 Å². The molecular formula is C16H21N3S2. The molecule has 1 aliphatic rings. The SMILES string of the molecule is CCCCNC(=S)N1CCC[C@H]1c1nc2ccccc2s1. The van der Waals surface area contributed by atoms with Gasteiger partial charge in [-0.05, 0) is 43.6 Å². The van der Waals surface area contributed by atoms with Crippen molar-refractivity contribution in [1.82, 2.24) is 15.2 Å². The standard InChI is InChI=1S/C16H21N3S2/c1-2-3-10-17-16(20)19-11-6-8-13(19)15-18-12-7-4-5-9-14(12)21-15/h4-5,7,9,13H,2-3,6,8,10-11H2,1H3,(H,17,20)/t13-/m0/s1. The number of hydrogen-bond acceptors (Lipinski definition) is 3. The quantitative estimate of drug-likeness (QED) is 0.678. The fourth-order valence-corrected chi connectivity index (χ4v) is 4.21. The Hall–Kier alpha value is -1.20. The van der Waals surface area contributed by atoms with E-state index in [1.54, 1.807) is 11.3 Å². The number of aromatic nitrogens is 1. The van der Waals surface area contributed by atoms with Crippen molar-refractivity contribution in [2.24, 2.45) is 0 Å². The number of thiazole rings is 1. The van der Waals surface area contributed by atoms with Crippen LogP contribution >= 0.6 is 23.6 Å². The van der Waals surface area contributed by atoms with Crippen molar-refractivity contribution >= 4 is 38.9 Å². The maximum absolute atomic E-state index is 5.58. The minimum absolute atomic E-state index is 0.351. The first-order valence-electron chi connectivity index (χ1n) is 7.69. The lowest BCUT2D eigenvalue weighted by atomic mass is 10.2. The van der Waals surface area contributed by atoms with Crippen molar-refractivity contribution in [2.75, 3.05) is 13.1 Å². The summed E-state index contributed by atoms with van der Waals surface area (Å²) in [5, 5.41) is 5.49. The Morgan fingerprint density at radius 1 is 1.48 bits per heavy atom. The number of likely N-dealkylation sites (tertiary alicyclic amines) is 1. The van der Waals surface area contributed by atoms with Crippen molar-refractivity contribution < 1.29 is 0 Å². The number of nitrogens with one attached hydrogen (secondary N) is 1. The van der Waals surface area contributed by atoms with Gasteiger partial charge in [-0.25, -0.2) is 4.98 Å². The molecule has 1 aliphatic heterocycles. The number of fused-ring (bicyclic) bond motifs is 1. The number of rotatable bonds is 4. The monoisotopic (exact) mass is 319 g/mol. The molecule has 2 heterocycles. The van der Waals surface area contributed by atoms with Gasteiger partial charge in [0.05, 0.1) is 16.3 Å². The van der Waals surface area contributed by atoms with E-state index in [1.165, 1.54) is 29.0 Å². The maximum Gasteiger partial charge on any atom is 0.169 e. The first-order chi connectivity index (χ1) is 10.3. The molecule has 21 heavy (non-hydrogen) atoms. The van der Waals surface area contributed by atoms with Gasteiger partial charge in [0.15, 0.2) is 5.11 Å². The number of hydrogen-bond donors (Lipinski definition) is 1. The van der Waals surface area contributed by atoms with E-state index in [0.717, 1.165) is 30.1 Å². The maximum atomic E-state index is 5.58. The van der Waals surface area contributed by atoms with Crippen LogP contribution in [0.2, 0.25) is 0 Å². The number of benzene rings is 1. The van der Waals surface area contributed by atoms with E-state index in [-0.39, 0.29) is 0 Å². The Morgan fingerprint density at radius 2 is 2.33 bits per heavy atom. The zero-order chi connectivity index (χ0) is 14.7. The van der Waals surface area contributed by atoms with Crippen LogP contribution < -0.4 is 5.32 Å². The highest BCUT2D eigenvalue weighted by Crippen LogP contribution is 2.36. The van der Waals surface area contributed by atoms with Gasteiger partial charge in [0.1, 0.15) is 5.01 Å². The van der Waals surface area contributed by atoms with Crippen LogP contribution in [0.1, 0.15) is 43.7 Å². The molecule has 0 aliphatic carbocycles. The number of para-hydroxylation sites is 1. The summed E-state index contributed by atoms with van der Waals surface area (Å²) in [5.74, 6) is 0. The zero-order valence-corrected chi connectivity index (χ0v) is 14.0. The van der Waals surface area contributed by atoms with Gasteiger partial charge in [-0.3, -0.25) is 0 Å². The van der Waals surface area contributed by atoms with Gasteiger partial charge in [0, 0.05) is 13.1 Å². The summed E-state index contributed by atoms with van der Waals surface area (Å²) in [7, 11) is 0. The normalized spacial score (nSPS) is 18.3. The van der Waals surface area contributed by atoms with Crippen LogP contribution in [0, 0.1) is 0 Å². The summed E-state index contributed by atoms with van der Waals surface area (Å²) in [6.07, 6.45) is 4.70. The van der Waals surface area contributed by atoms with Gasteiger partial charge in [0.2, 0.25) is 0 Å². The number of unbranched alkanes of at least 4 members (excludes halogenated alkanes) is 1. The van der Waals surface area contributed by atoms with Crippen LogP contribution in [0.5, 0.6) is 0 Å². The van der Waals surface area contributed by atoms with Crippen LogP contribution in [0.25, 0.3) is 10.2 Å². The highest BCUT2D eigenvalue weighted by Gasteiger charge is 2.30. The van der Waals surface area contributed by atoms with Crippen molar-refractivity contribution in [3.63, 3.8) is 0 Å². The molecule has 1 aromatic heterocycles. The molecule has 0 bridgehead atoms. The molecule has 3 rings (SSSR count). The van der Waals surface area contributed by atoms with Gasteiger partial charge in [-0.1, -0.05) is 25.5 Å². The Bertz CT molecular complexity index is 590. The highest BCUT2D eigenvalue weighted by atomic mass is 32.1. The van der Waals surface area contributed by atoms with Gasteiger partial charge in [-0.15, -0.1) is 11.3 Å². The fraction of sp³-hybridized carbons (Fsp3) is 0.500. The van der Waals surface area contributed by atoms with Gasteiger partial charge >= 0.3 is 0 Å². The first-order valence-corrected chi connectivity index (χ1v) is 8.92. The number of nitrogens with zero attached hydrogens (tertiary/aromatic N) is 2. The van der Waals surface area contributed by atoms with Gasteiger partial charge in [0.25, 0.3) is 0 Å². The summed E-state index contributed by atoms with van der Waals surface area (Å²) in [6, 6.07) is 8.71. The molecule has 1 aromatic carbocycles. The molecule has 0 unspecified atom stereocenters. The van der Waals surface area contributed by atoms with E-state index in [9.17, 15) is 0 Å². The molecule has 5 heteroatoms. The molecule has 0 amide bonds. The summed E-state index contributed by atoms with van der Waals surface area (Å²) in [5.41, 5.74) is 1.11. The van der Waals surface area contributed by atoms with Crippen LogP contribution in [0.15, 0.2) is 24.3 Å². The lowest BCUT2D eigenvalue weighted by Crippen LogP contribution is -2.39. The summed E-state index contributed by atoms with van der Waals surface area (Å²) in [6.45, 7) is 4.21. The second-order valence-electron chi connectivity index (χ2n) is 5.46. The molecule has 1 fully saturated rings. The van der Waals surface area contributed by atoms with Crippen molar-refractivity contribution in [3.05, 3.63) is 29.3 Å². The van der Waals surface area contributed by atoms with Crippen molar-refractivity contribution in [1.29, 1.82) is 0 Å². The zero-order valence-electron chi connectivity index (χ0n) is 12.3. The van der Waals surface area contributed by atoms with E-state index < -0.39 is 0 Å². The van der Waals surface area contributed by atoms with Gasteiger partial charge in [-0.2, -0.15) is 0 Å². The third-order valence-electron chi connectivity index (χ3n) is 3.92. The van der Waals surface area contributed by atoms with E-state index >= 15 is 0 Å². The van der Waals surface area contributed by atoms with Crippen molar-refractivity contribution in [2.45, 2.75) is 38.6 Å². The van der Waals surface area contributed by atoms with E-state index in [0.29, 0.717) is 6.04 Å². The molecule has 112 valence electrons. The minimum atomic E-state index is 0.351. The van der Waals surface area contributed by atoms with E-state index in [4.69, 9.17) is 17.2 Å². The summed E-state index contributed by atoms with van der Waals surface area (Å²) >= 11 is 7.38. The summed E-state index contributed by atoms with van der Waals surface area (Å²) in [4.78, 5) is 7.14. The molecule has 1 saturated heterocycles. The third kappa shape index (κ3) is 3.19. The van der Waals surface area contributed by atoms with E-state index in [1.807, 2.05) is 0 Å². The van der Waals surface area contributed by atoms with Crippen molar-refractivity contribution in [3.8, 4) is 0 Å². The third-order valence-corrected chi connectivity index (χ3v) is 5.43. The molecule has 1 atom stereocenters. The topological polar surface area (TPSA) is 28.2 Å². The predicted octanol–water partition coefficient (Wildman–Crippen LogP) is 4.11. The second kappa shape index (κ2) is 6.71. The van der Waals surface area contributed by atoms with Crippen LogP contribution in [0.3, 0.4) is 0 Å². The predicted molar refractivity (Wildman–Crippen MR) is 93.8 cm³/mol. The lowest BCUT2D eigenvalue weighted by Gasteiger charge is -2.26. The lowest BCUT2D eigenvalue weighted by molar-refractivity contribution is 0.392.